The van der Waals surface area contributed by atoms with Gasteiger partial charge in [0.15, 0.2) is 0 Å². The highest BCUT2D eigenvalue weighted by Gasteiger charge is 2.27. The Balaban J connectivity index is 2.08. The van der Waals surface area contributed by atoms with Gasteiger partial charge in [0.1, 0.15) is 6.29 Å². The Morgan fingerprint density at radius 3 is 2.56 bits per heavy atom. The van der Waals surface area contributed by atoms with E-state index < -0.39 is 5.97 Å². The number of hydrogen-bond acceptors (Lipinski definition) is 3. The third kappa shape index (κ3) is 2.05. The molecule has 1 aromatic carbocycles. The van der Waals surface area contributed by atoms with Gasteiger partial charge in [0.2, 0.25) is 0 Å². The zero-order chi connectivity index (χ0) is 11.5. The number of aldehydes is 1. The Morgan fingerprint density at radius 2 is 2.06 bits per heavy atom. The zero-order valence-corrected chi connectivity index (χ0v) is 8.80. The van der Waals surface area contributed by atoms with Gasteiger partial charge in [0.05, 0.1) is 5.92 Å². The van der Waals surface area contributed by atoms with Gasteiger partial charge in [-0.2, -0.15) is 0 Å². The summed E-state index contributed by atoms with van der Waals surface area (Å²) in [6.07, 6.45) is 1.48. The molecule has 1 N–H and O–H groups in total. The van der Waals surface area contributed by atoms with Gasteiger partial charge >= 0.3 is 5.97 Å². The maximum Gasteiger partial charge on any atom is 0.308 e. The standard InChI is InChI=1S/C12H13NO3/c14-8-9-1-3-11(4-2-9)13-6-5-10(7-13)12(15)16/h1-4,8,10H,5-7H2,(H,15,16)/t10-/m0/s1. The van der Waals surface area contributed by atoms with Gasteiger partial charge in [0.25, 0.3) is 0 Å². The highest BCUT2D eigenvalue weighted by Crippen LogP contribution is 2.23. The molecular weight excluding hydrogens is 206 g/mol. The largest absolute Gasteiger partial charge is 0.481 e. The molecule has 16 heavy (non-hydrogen) atoms. The quantitative estimate of drug-likeness (QED) is 0.781. The molecule has 1 aromatic rings. The summed E-state index contributed by atoms with van der Waals surface area (Å²) in [6.45, 7) is 1.31. The second-order valence-corrected chi connectivity index (χ2v) is 3.98. The van der Waals surface area contributed by atoms with Crippen LogP contribution in [0.4, 0.5) is 5.69 Å². The van der Waals surface area contributed by atoms with E-state index >= 15 is 0 Å². The lowest BCUT2D eigenvalue weighted by molar-refractivity contribution is -0.140. The van der Waals surface area contributed by atoms with E-state index in [1.165, 1.54) is 0 Å². The molecule has 0 amide bonds. The predicted molar refractivity (Wildman–Crippen MR) is 59.8 cm³/mol. The molecule has 0 unspecified atom stereocenters. The monoisotopic (exact) mass is 219 g/mol. The number of carbonyl (C=O) groups is 2. The Kier molecular flexibility index (Phi) is 2.90. The van der Waals surface area contributed by atoms with E-state index in [1.807, 2.05) is 17.0 Å². The van der Waals surface area contributed by atoms with Gasteiger partial charge in [-0.3, -0.25) is 9.59 Å². The number of benzene rings is 1. The first-order valence-corrected chi connectivity index (χ1v) is 5.23. The van der Waals surface area contributed by atoms with Crippen molar-refractivity contribution in [2.45, 2.75) is 6.42 Å². The maximum absolute atomic E-state index is 10.8. The Labute approximate surface area is 93.5 Å². The zero-order valence-electron chi connectivity index (χ0n) is 8.80. The van der Waals surface area contributed by atoms with Gasteiger partial charge in [-0.15, -0.1) is 0 Å². The number of carboxylic acids is 1. The SMILES string of the molecule is O=Cc1ccc(N2CC[C@H](C(=O)O)C2)cc1. The summed E-state index contributed by atoms with van der Waals surface area (Å²) in [4.78, 5) is 23.3. The van der Waals surface area contributed by atoms with E-state index in [4.69, 9.17) is 5.11 Å². The van der Waals surface area contributed by atoms with E-state index in [-0.39, 0.29) is 5.92 Å². The molecule has 2 rings (SSSR count). The Morgan fingerprint density at radius 1 is 1.38 bits per heavy atom. The molecule has 4 heteroatoms. The van der Waals surface area contributed by atoms with E-state index in [0.29, 0.717) is 18.5 Å². The van der Waals surface area contributed by atoms with E-state index in [2.05, 4.69) is 0 Å². The summed E-state index contributed by atoms with van der Waals surface area (Å²) in [5, 5.41) is 8.89. The third-order valence-corrected chi connectivity index (χ3v) is 2.93. The van der Waals surface area contributed by atoms with Crippen molar-refractivity contribution in [2.75, 3.05) is 18.0 Å². The summed E-state index contributed by atoms with van der Waals surface area (Å²) in [7, 11) is 0. The first kappa shape index (κ1) is 10.7. The highest BCUT2D eigenvalue weighted by atomic mass is 16.4. The van der Waals surface area contributed by atoms with Crippen LogP contribution in [-0.2, 0) is 4.79 Å². The molecule has 0 aliphatic carbocycles. The lowest BCUT2D eigenvalue weighted by atomic mass is 10.1. The fraction of sp³-hybridized carbons (Fsp3) is 0.333. The fourth-order valence-electron chi connectivity index (χ4n) is 1.96. The van der Waals surface area contributed by atoms with Crippen LogP contribution in [0.2, 0.25) is 0 Å². The predicted octanol–water partition coefficient (Wildman–Crippen LogP) is 1.41. The van der Waals surface area contributed by atoms with Crippen LogP contribution in [0.15, 0.2) is 24.3 Å². The number of aliphatic carboxylic acids is 1. The van der Waals surface area contributed by atoms with Crippen molar-refractivity contribution in [1.82, 2.24) is 0 Å². The molecule has 4 nitrogen and oxygen atoms in total. The van der Waals surface area contributed by atoms with Crippen LogP contribution < -0.4 is 4.90 Å². The molecule has 1 saturated heterocycles. The Hall–Kier alpha value is -1.84. The average Bonchev–Trinajstić information content (AvgIpc) is 2.78. The van der Waals surface area contributed by atoms with Gasteiger partial charge < -0.3 is 10.0 Å². The molecule has 84 valence electrons. The number of anilines is 1. The van der Waals surface area contributed by atoms with Crippen LogP contribution in [-0.4, -0.2) is 30.5 Å². The molecule has 1 heterocycles. The molecule has 1 aliphatic heterocycles. The van der Waals surface area contributed by atoms with Crippen LogP contribution in [0.1, 0.15) is 16.8 Å². The first-order chi connectivity index (χ1) is 7.70. The number of rotatable bonds is 3. The molecule has 0 saturated carbocycles. The smallest absolute Gasteiger partial charge is 0.308 e. The van der Waals surface area contributed by atoms with Crippen molar-refractivity contribution in [3.8, 4) is 0 Å². The van der Waals surface area contributed by atoms with Crippen molar-refractivity contribution in [3.63, 3.8) is 0 Å². The van der Waals surface area contributed by atoms with Gasteiger partial charge in [-0.25, -0.2) is 0 Å². The molecule has 1 fully saturated rings. The lowest BCUT2D eigenvalue weighted by Gasteiger charge is -2.17. The van der Waals surface area contributed by atoms with Crippen molar-refractivity contribution < 1.29 is 14.7 Å². The van der Waals surface area contributed by atoms with Gasteiger partial charge in [-0.05, 0) is 30.7 Å². The summed E-state index contributed by atoms with van der Waals surface area (Å²) in [6, 6.07) is 7.20. The molecule has 1 aliphatic rings. The Bertz CT molecular complexity index is 399. The first-order valence-electron chi connectivity index (χ1n) is 5.23. The summed E-state index contributed by atoms with van der Waals surface area (Å²) < 4.78 is 0. The molecule has 0 spiro atoms. The normalized spacial score (nSPS) is 19.8. The lowest BCUT2D eigenvalue weighted by Crippen LogP contribution is -2.22. The topological polar surface area (TPSA) is 57.6 Å². The minimum Gasteiger partial charge on any atom is -0.481 e. The third-order valence-electron chi connectivity index (χ3n) is 2.93. The maximum atomic E-state index is 10.8. The van der Waals surface area contributed by atoms with Crippen molar-refractivity contribution in [1.29, 1.82) is 0 Å². The van der Waals surface area contributed by atoms with Crippen LogP contribution in [0.25, 0.3) is 0 Å². The number of nitrogens with zero attached hydrogens (tertiary/aromatic N) is 1. The van der Waals surface area contributed by atoms with Crippen LogP contribution in [0.5, 0.6) is 0 Å². The molecule has 1 atom stereocenters. The number of hydrogen-bond donors (Lipinski definition) is 1. The highest BCUT2D eigenvalue weighted by molar-refractivity contribution is 5.76. The average molecular weight is 219 g/mol. The second-order valence-electron chi connectivity index (χ2n) is 3.98. The van der Waals surface area contributed by atoms with Crippen molar-refractivity contribution in [3.05, 3.63) is 29.8 Å². The minimum absolute atomic E-state index is 0.272. The molecule has 0 bridgehead atoms. The van der Waals surface area contributed by atoms with E-state index in [0.717, 1.165) is 18.5 Å². The number of carboxylic acid groups (broad SMARTS) is 1. The molecule has 0 aromatic heterocycles. The van der Waals surface area contributed by atoms with Gasteiger partial charge in [0, 0.05) is 24.3 Å². The van der Waals surface area contributed by atoms with Crippen LogP contribution in [0.3, 0.4) is 0 Å². The van der Waals surface area contributed by atoms with Crippen molar-refractivity contribution in [2.24, 2.45) is 5.92 Å². The van der Waals surface area contributed by atoms with Crippen LogP contribution >= 0.6 is 0 Å². The molecular formula is C12H13NO3. The molecule has 0 radical (unpaired) electrons. The van der Waals surface area contributed by atoms with E-state index in [9.17, 15) is 9.59 Å². The second kappa shape index (κ2) is 4.35. The summed E-state index contributed by atoms with van der Waals surface area (Å²) in [5.74, 6) is -1.00. The summed E-state index contributed by atoms with van der Waals surface area (Å²) >= 11 is 0. The van der Waals surface area contributed by atoms with Crippen LogP contribution in [0, 0.1) is 5.92 Å². The van der Waals surface area contributed by atoms with Gasteiger partial charge in [-0.1, -0.05) is 0 Å². The minimum atomic E-state index is -0.730. The number of carbonyl (C=O) groups excluding carboxylic acids is 1. The van der Waals surface area contributed by atoms with E-state index in [1.54, 1.807) is 12.1 Å². The van der Waals surface area contributed by atoms with Crippen molar-refractivity contribution >= 4 is 17.9 Å². The fourth-order valence-corrected chi connectivity index (χ4v) is 1.96. The summed E-state index contributed by atoms with van der Waals surface area (Å²) in [5.41, 5.74) is 1.62.